The number of hydrogen-bond acceptors (Lipinski definition) is 7. The van der Waals surface area contributed by atoms with E-state index in [9.17, 15) is 31.9 Å². The number of carbonyl (C=O) groups excluding carboxylic acids is 3. The summed E-state index contributed by atoms with van der Waals surface area (Å²) in [4.78, 5) is 47.0. The third-order valence-electron chi connectivity index (χ3n) is 7.40. The molecule has 0 bridgehead atoms. The number of piperazine rings is 1. The molecule has 48 heavy (non-hydrogen) atoms. The first kappa shape index (κ1) is 36.2. The maximum atomic E-state index is 14.2. The van der Waals surface area contributed by atoms with E-state index in [-0.39, 0.29) is 42.3 Å². The van der Waals surface area contributed by atoms with E-state index in [1.54, 1.807) is 51.1 Å². The van der Waals surface area contributed by atoms with Crippen molar-refractivity contribution in [1.29, 1.82) is 0 Å². The first-order chi connectivity index (χ1) is 22.5. The summed E-state index contributed by atoms with van der Waals surface area (Å²) in [5.74, 6) is -1.37. The van der Waals surface area contributed by atoms with Crippen molar-refractivity contribution in [3.05, 3.63) is 94.8 Å². The van der Waals surface area contributed by atoms with E-state index in [0.29, 0.717) is 5.56 Å². The number of nitrogens with zero attached hydrogens (tertiary/aromatic N) is 3. The van der Waals surface area contributed by atoms with Crippen LogP contribution in [-0.4, -0.2) is 83.8 Å². The topological polar surface area (TPSA) is 110 Å². The van der Waals surface area contributed by atoms with Crippen molar-refractivity contribution in [2.45, 2.75) is 56.9 Å². The van der Waals surface area contributed by atoms with Gasteiger partial charge in [-0.15, -0.1) is 0 Å². The Bertz CT molecular complexity index is 1590. The molecule has 1 aliphatic rings. The minimum Gasteiger partial charge on any atom is -0.467 e. The number of pyridine rings is 1. The molecule has 0 radical (unpaired) electrons. The molecule has 1 fully saturated rings. The second kappa shape index (κ2) is 14.7. The molecule has 2 aromatic carbocycles. The summed E-state index contributed by atoms with van der Waals surface area (Å²) < 4.78 is 68.9. The highest BCUT2D eigenvalue weighted by atomic mass is 35.5. The fraction of sp³-hybridized carbons (Fsp3) is 0.394. The van der Waals surface area contributed by atoms with Gasteiger partial charge in [-0.3, -0.25) is 9.88 Å². The molecule has 1 aromatic heterocycles. The Balaban J connectivity index is 1.79. The zero-order valence-corrected chi connectivity index (χ0v) is 27.3. The lowest BCUT2D eigenvalue weighted by Crippen LogP contribution is -2.63. The number of methoxy groups -OCH3 is 1. The molecule has 2 heterocycles. The van der Waals surface area contributed by atoms with Gasteiger partial charge in [-0.1, -0.05) is 54.1 Å². The monoisotopic (exact) mass is 694 g/mol. The molecular formula is C33H35ClF4N4O6. The summed E-state index contributed by atoms with van der Waals surface area (Å²) in [5, 5.41) is 3.25. The lowest BCUT2D eigenvalue weighted by atomic mass is 9.80. The van der Waals surface area contributed by atoms with Gasteiger partial charge < -0.3 is 24.4 Å². The van der Waals surface area contributed by atoms with E-state index in [2.05, 4.69) is 15.0 Å². The lowest BCUT2D eigenvalue weighted by molar-refractivity contribution is -0.253. The Morgan fingerprint density at radius 1 is 1.02 bits per heavy atom. The Hall–Kier alpha value is -4.59. The van der Waals surface area contributed by atoms with Crippen LogP contribution in [0.2, 0.25) is 5.02 Å². The predicted molar refractivity (Wildman–Crippen MR) is 167 cm³/mol. The van der Waals surface area contributed by atoms with Gasteiger partial charge in [0.05, 0.1) is 24.4 Å². The van der Waals surface area contributed by atoms with Crippen molar-refractivity contribution in [2.24, 2.45) is 0 Å². The third-order valence-corrected chi connectivity index (χ3v) is 7.62. The van der Waals surface area contributed by atoms with E-state index in [1.807, 2.05) is 0 Å². The summed E-state index contributed by atoms with van der Waals surface area (Å²) in [5.41, 5.74) is -1.42. The fourth-order valence-corrected chi connectivity index (χ4v) is 5.30. The highest BCUT2D eigenvalue weighted by molar-refractivity contribution is 6.30. The van der Waals surface area contributed by atoms with Gasteiger partial charge in [0, 0.05) is 25.7 Å². The minimum atomic E-state index is -4.79. The summed E-state index contributed by atoms with van der Waals surface area (Å²) in [6.07, 6.45) is -8.32. The number of aromatic nitrogens is 1. The SMILES string of the molecule is COC(=O)C1CN(C(=O)N[C@@](Cc2ccccc2)(c2cccc(OC(F)(F)C(F)F)c2)c2ccc(Cl)cn2)CCN1C(=O)OC(C)(C)C. The molecule has 1 N–H and O–H groups in total. The highest BCUT2D eigenvalue weighted by Gasteiger charge is 2.46. The Morgan fingerprint density at radius 2 is 1.73 bits per heavy atom. The Kier molecular flexibility index (Phi) is 11.1. The van der Waals surface area contributed by atoms with Crippen LogP contribution in [0.4, 0.5) is 27.2 Å². The summed E-state index contributed by atoms with van der Waals surface area (Å²) in [6.45, 7) is 4.63. The second-order valence-corrected chi connectivity index (χ2v) is 12.4. The number of halogens is 5. The van der Waals surface area contributed by atoms with Crippen molar-refractivity contribution in [3.8, 4) is 5.75 Å². The van der Waals surface area contributed by atoms with Crippen LogP contribution < -0.4 is 10.1 Å². The molecule has 3 amide bonds. The number of benzene rings is 2. The highest BCUT2D eigenvalue weighted by Crippen LogP contribution is 2.37. The predicted octanol–water partition coefficient (Wildman–Crippen LogP) is 6.26. The van der Waals surface area contributed by atoms with Crippen LogP contribution in [0.3, 0.4) is 0 Å². The number of rotatable bonds is 9. The molecule has 3 aromatic rings. The van der Waals surface area contributed by atoms with E-state index in [1.165, 1.54) is 40.3 Å². The first-order valence-electron chi connectivity index (χ1n) is 14.8. The van der Waals surface area contributed by atoms with Crippen LogP contribution >= 0.6 is 11.6 Å². The van der Waals surface area contributed by atoms with Gasteiger partial charge in [0.15, 0.2) is 6.04 Å². The number of ether oxygens (including phenoxy) is 3. The van der Waals surface area contributed by atoms with Crippen LogP contribution in [0.25, 0.3) is 0 Å². The van der Waals surface area contributed by atoms with Gasteiger partial charge in [-0.05, 0) is 56.2 Å². The summed E-state index contributed by atoms with van der Waals surface area (Å²) in [6, 6.07) is 15.0. The standard InChI is InChI=1S/C33H35ClF4N4O6/c1-31(2,3)48-30(45)42-16-15-41(20-25(42)27(43)46-4)29(44)40-32(18-21-9-6-5-7-10-21,26-14-13-23(34)19-39-26)22-11-8-12-24(17-22)47-33(37,38)28(35)36/h5-14,17,19,25,28H,15-16,18,20H2,1-4H3,(H,40,44)/t25?,32-/m0/s1. The fourth-order valence-electron chi connectivity index (χ4n) is 5.18. The summed E-state index contributed by atoms with van der Waals surface area (Å²) in [7, 11) is 1.15. The van der Waals surface area contributed by atoms with Crippen molar-refractivity contribution < 1.29 is 46.2 Å². The van der Waals surface area contributed by atoms with Crippen LogP contribution in [0.15, 0.2) is 72.9 Å². The number of nitrogens with one attached hydrogen (secondary N) is 1. The average molecular weight is 695 g/mol. The average Bonchev–Trinajstić information content (AvgIpc) is 3.03. The van der Waals surface area contributed by atoms with E-state index < -0.39 is 53.6 Å². The van der Waals surface area contributed by atoms with Gasteiger partial charge >= 0.3 is 30.6 Å². The Labute approximate surface area is 279 Å². The molecule has 258 valence electrons. The van der Waals surface area contributed by atoms with Crippen molar-refractivity contribution in [1.82, 2.24) is 20.1 Å². The number of carbonyl (C=O) groups is 3. The molecular weight excluding hydrogens is 660 g/mol. The molecule has 4 rings (SSSR count). The number of esters is 1. The molecule has 1 unspecified atom stereocenters. The molecule has 2 atom stereocenters. The van der Waals surface area contributed by atoms with Gasteiger partial charge in [0.2, 0.25) is 0 Å². The van der Waals surface area contributed by atoms with Crippen LogP contribution in [0.1, 0.15) is 37.6 Å². The van der Waals surface area contributed by atoms with Crippen LogP contribution in [0.5, 0.6) is 5.75 Å². The third kappa shape index (κ3) is 8.65. The zero-order valence-electron chi connectivity index (χ0n) is 26.6. The van der Waals surface area contributed by atoms with E-state index >= 15 is 0 Å². The Morgan fingerprint density at radius 3 is 2.33 bits per heavy atom. The molecule has 0 aliphatic carbocycles. The normalized spacial score (nSPS) is 16.6. The van der Waals surface area contributed by atoms with Gasteiger partial charge in [0.25, 0.3) is 0 Å². The molecule has 15 heteroatoms. The molecule has 1 aliphatic heterocycles. The van der Waals surface area contributed by atoms with Gasteiger partial charge in [0.1, 0.15) is 16.9 Å². The van der Waals surface area contributed by atoms with E-state index in [4.69, 9.17) is 21.1 Å². The van der Waals surface area contributed by atoms with Crippen molar-refractivity contribution in [2.75, 3.05) is 26.7 Å². The molecule has 0 saturated carbocycles. The maximum Gasteiger partial charge on any atom is 0.461 e. The second-order valence-electron chi connectivity index (χ2n) is 12.0. The quantitative estimate of drug-likeness (QED) is 0.208. The maximum absolute atomic E-state index is 14.2. The lowest BCUT2D eigenvalue weighted by Gasteiger charge is -2.42. The summed E-state index contributed by atoms with van der Waals surface area (Å²) >= 11 is 6.14. The van der Waals surface area contributed by atoms with Crippen molar-refractivity contribution >= 4 is 29.7 Å². The van der Waals surface area contributed by atoms with Crippen LogP contribution in [0, 0.1) is 0 Å². The minimum absolute atomic E-state index is 0.00120. The molecule has 1 saturated heterocycles. The van der Waals surface area contributed by atoms with Crippen molar-refractivity contribution in [3.63, 3.8) is 0 Å². The van der Waals surface area contributed by atoms with Gasteiger partial charge in [-0.2, -0.15) is 17.6 Å². The smallest absolute Gasteiger partial charge is 0.461 e. The number of amides is 3. The molecule has 0 spiro atoms. The van der Waals surface area contributed by atoms with Crippen LogP contribution in [-0.2, 0) is 26.2 Å². The first-order valence-corrected chi connectivity index (χ1v) is 15.2. The number of urea groups is 1. The van der Waals surface area contributed by atoms with E-state index in [0.717, 1.165) is 19.2 Å². The number of alkyl halides is 4. The zero-order chi connectivity index (χ0) is 35.3. The number of hydrogen-bond donors (Lipinski definition) is 1. The van der Waals surface area contributed by atoms with Gasteiger partial charge in [-0.25, -0.2) is 14.4 Å². The molecule has 10 nitrogen and oxygen atoms in total. The largest absolute Gasteiger partial charge is 0.467 e.